The van der Waals surface area contributed by atoms with Crippen LogP contribution in [0.25, 0.3) is 22.1 Å². The van der Waals surface area contributed by atoms with Crippen molar-refractivity contribution in [1.82, 2.24) is 39.5 Å². The van der Waals surface area contributed by atoms with E-state index in [1.807, 2.05) is 52.0 Å². The molecule has 0 amide bonds. The van der Waals surface area contributed by atoms with Crippen molar-refractivity contribution in [2.75, 3.05) is 7.11 Å². The first-order chi connectivity index (χ1) is 22.3. The monoisotopic (exact) mass is 670 g/mol. The van der Waals surface area contributed by atoms with Crippen LogP contribution in [0.1, 0.15) is 94.7 Å². The molecule has 0 aliphatic carbocycles. The Hall–Kier alpha value is -5.23. The highest BCUT2D eigenvalue weighted by atomic mass is 35.5. The van der Waals surface area contributed by atoms with Gasteiger partial charge in [0.05, 0.1) is 19.2 Å². The highest BCUT2D eigenvalue weighted by Crippen LogP contribution is 2.30. The zero-order valence-electron chi connectivity index (χ0n) is 28.4. The minimum atomic E-state index is -0.333. The predicted molar refractivity (Wildman–Crippen MR) is 187 cm³/mol. The van der Waals surface area contributed by atoms with E-state index in [1.165, 1.54) is 32.1 Å². The van der Waals surface area contributed by atoms with Gasteiger partial charge < -0.3 is 9.72 Å². The fraction of sp³-hybridized carbons (Fsp3) is 0.314. The summed E-state index contributed by atoms with van der Waals surface area (Å²) in [7, 11) is 1.53. The minimum Gasteiger partial charge on any atom is -0.480 e. The standard InChI is InChI=1S/C18H20N4O2.C17H18N4O2.ClH/c1-10-6-8-14(9-7-10)11(2)22-17-15(16(21-22)12(3)23)18(24-5)20-13(4)19-17;1-9-5-7-13(8-6-9)10(2)21-16-14(15(20-21)11(3)22)17(23)19-12(4)18-16;/h6-9,11H,1-5H3;5-8,10H,1-4H3,(H,18,19,23);1H/t11-;10-;/m00./s1. The fourth-order valence-electron chi connectivity index (χ4n) is 5.42. The molecule has 1 N–H and O–H groups in total. The molecule has 48 heavy (non-hydrogen) atoms. The molecule has 0 fully saturated rings. The summed E-state index contributed by atoms with van der Waals surface area (Å²) in [5, 5.41) is 9.71. The first-order valence-electron chi connectivity index (χ1n) is 15.3. The highest BCUT2D eigenvalue weighted by Gasteiger charge is 2.25. The first kappa shape index (κ1) is 35.6. The Morgan fingerprint density at radius 1 is 0.708 bits per heavy atom. The number of halogens is 1. The van der Waals surface area contributed by atoms with Gasteiger partial charge in [-0.1, -0.05) is 59.7 Å². The third-order valence-corrected chi connectivity index (χ3v) is 8.02. The minimum absolute atomic E-state index is 0. The number of aryl methyl sites for hydroxylation is 4. The number of nitrogens with one attached hydrogen (secondary N) is 1. The summed E-state index contributed by atoms with van der Waals surface area (Å²) in [4.78, 5) is 52.0. The predicted octanol–water partition coefficient (Wildman–Crippen LogP) is 6.23. The summed E-state index contributed by atoms with van der Waals surface area (Å²) >= 11 is 0. The molecule has 2 aromatic carbocycles. The molecule has 0 radical (unpaired) electrons. The number of rotatable bonds is 7. The number of aromatic nitrogens is 8. The van der Waals surface area contributed by atoms with Gasteiger partial charge in [0, 0.05) is 13.8 Å². The van der Waals surface area contributed by atoms with Gasteiger partial charge in [0.25, 0.3) is 5.56 Å². The molecule has 0 bridgehead atoms. The molecule has 0 spiro atoms. The van der Waals surface area contributed by atoms with Crippen molar-refractivity contribution in [1.29, 1.82) is 0 Å². The molecule has 6 rings (SSSR count). The fourth-order valence-corrected chi connectivity index (χ4v) is 5.42. The molecule has 0 unspecified atom stereocenters. The van der Waals surface area contributed by atoms with Gasteiger partial charge in [0.2, 0.25) is 5.88 Å². The second-order valence-corrected chi connectivity index (χ2v) is 11.7. The third-order valence-electron chi connectivity index (χ3n) is 8.02. The molecule has 0 saturated heterocycles. The molecular weight excluding hydrogens is 632 g/mol. The van der Waals surface area contributed by atoms with Crippen LogP contribution in [0.5, 0.6) is 5.88 Å². The molecule has 0 aliphatic rings. The van der Waals surface area contributed by atoms with E-state index in [1.54, 1.807) is 23.2 Å². The quantitative estimate of drug-likeness (QED) is 0.195. The Morgan fingerprint density at radius 3 is 1.58 bits per heavy atom. The molecule has 4 heterocycles. The first-order valence-corrected chi connectivity index (χ1v) is 15.3. The molecule has 0 saturated carbocycles. The Kier molecular flexibility index (Phi) is 10.6. The molecule has 2 atom stereocenters. The van der Waals surface area contributed by atoms with Crippen molar-refractivity contribution in [2.45, 2.75) is 67.5 Å². The Balaban J connectivity index is 0.000000212. The van der Waals surface area contributed by atoms with E-state index in [9.17, 15) is 14.4 Å². The number of fused-ring (bicyclic) bond motifs is 2. The number of H-pyrrole nitrogens is 1. The van der Waals surface area contributed by atoms with E-state index in [2.05, 4.69) is 54.4 Å². The van der Waals surface area contributed by atoms with E-state index in [4.69, 9.17) is 4.74 Å². The number of hydrogen-bond acceptors (Lipinski definition) is 9. The van der Waals surface area contributed by atoms with Gasteiger partial charge in [-0.2, -0.15) is 15.2 Å². The van der Waals surface area contributed by atoms with E-state index in [0.29, 0.717) is 39.9 Å². The van der Waals surface area contributed by atoms with Crippen LogP contribution in [0, 0.1) is 27.7 Å². The lowest BCUT2D eigenvalue weighted by Crippen LogP contribution is -2.13. The Labute approximate surface area is 284 Å². The summed E-state index contributed by atoms with van der Waals surface area (Å²) in [6.45, 7) is 14.5. The molecular formula is C35H39ClN8O4. The second-order valence-electron chi connectivity index (χ2n) is 11.7. The molecule has 6 aromatic rings. The third kappa shape index (κ3) is 6.89. The number of hydrogen-bond donors (Lipinski definition) is 1. The van der Waals surface area contributed by atoms with Crippen LogP contribution in [0.4, 0.5) is 0 Å². The van der Waals surface area contributed by atoms with Crippen LogP contribution >= 0.6 is 12.4 Å². The number of nitrogens with zero attached hydrogens (tertiary/aromatic N) is 7. The molecule has 12 nitrogen and oxygen atoms in total. The van der Waals surface area contributed by atoms with Gasteiger partial charge in [0.1, 0.15) is 33.8 Å². The molecule has 13 heteroatoms. The average molecular weight is 671 g/mol. The number of benzene rings is 2. The number of methoxy groups -OCH3 is 1. The number of ether oxygens (including phenoxy) is 1. The zero-order valence-corrected chi connectivity index (χ0v) is 29.3. The van der Waals surface area contributed by atoms with Gasteiger partial charge in [-0.3, -0.25) is 14.4 Å². The summed E-state index contributed by atoms with van der Waals surface area (Å²) < 4.78 is 8.78. The number of carbonyl (C=O) groups excluding carboxylic acids is 2. The van der Waals surface area contributed by atoms with Crippen LogP contribution in [-0.4, -0.2) is 58.2 Å². The van der Waals surface area contributed by atoms with Crippen molar-refractivity contribution in [3.8, 4) is 5.88 Å². The summed E-state index contributed by atoms with van der Waals surface area (Å²) in [6, 6.07) is 16.1. The highest BCUT2D eigenvalue weighted by molar-refractivity contribution is 6.06. The summed E-state index contributed by atoms with van der Waals surface area (Å²) in [6.07, 6.45) is 0. The van der Waals surface area contributed by atoms with Gasteiger partial charge >= 0.3 is 0 Å². The number of aromatic amines is 1. The average Bonchev–Trinajstić information content (AvgIpc) is 3.61. The van der Waals surface area contributed by atoms with E-state index in [-0.39, 0.29) is 52.7 Å². The van der Waals surface area contributed by atoms with Crippen molar-refractivity contribution >= 4 is 46.0 Å². The maximum absolute atomic E-state index is 12.2. The van der Waals surface area contributed by atoms with E-state index >= 15 is 0 Å². The summed E-state index contributed by atoms with van der Waals surface area (Å²) in [5.74, 6) is 1.06. The number of carbonyl (C=O) groups is 2. The lowest BCUT2D eigenvalue weighted by molar-refractivity contribution is 0.100. The SMILES string of the molecule is CC(=O)c1nn([C@@H](C)c2ccc(C)cc2)c2nc(C)[nH]c(=O)c12.COc1nc(C)nc2c1c(C(C)=O)nn2[C@@H](C)c1ccc(C)cc1.Cl. The Bertz CT molecular complexity index is 2180. The number of Topliss-reactive ketones (excluding diaryl/α,β-unsaturated/α-hetero) is 2. The van der Waals surface area contributed by atoms with Gasteiger partial charge in [-0.15, -0.1) is 12.4 Å². The molecule has 250 valence electrons. The normalized spacial score (nSPS) is 12.2. The lowest BCUT2D eigenvalue weighted by atomic mass is 10.1. The summed E-state index contributed by atoms with van der Waals surface area (Å²) in [5.41, 5.74) is 5.70. The van der Waals surface area contributed by atoms with Gasteiger partial charge in [-0.05, 0) is 52.7 Å². The van der Waals surface area contributed by atoms with Crippen molar-refractivity contribution in [2.24, 2.45) is 0 Å². The van der Waals surface area contributed by atoms with Crippen LogP contribution in [0.2, 0.25) is 0 Å². The van der Waals surface area contributed by atoms with Crippen LogP contribution in [0.15, 0.2) is 53.3 Å². The number of ketones is 2. The maximum atomic E-state index is 12.2. The van der Waals surface area contributed by atoms with Crippen molar-refractivity contribution in [3.63, 3.8) is 0 Å². The van der Waals surface area contributed by atoms with E-state index in [0.717, 1.165) is 11.1 Å². The van der Waals surface area contributed by atoms with Crippen LogP contribution in [-0.2, 0) is 0 Å². The van der Waals surface area contributed by atoms with Gasteiger partial charge in [0.15, 0.2) is 22.9 Å². The Morgan fingerprint density at radius 2 is 1.15 bits per heavy atom. The largest absolute Gasteiger partial charge is 0.480 e. The molecule has 0 aliphatic heterocycles. The van der Waals surface area contributed by atoms with Crippen LogP contribution < -0.4 is 10.3 Å². The smallest absolute Gasteiger partial charge is 0.262 e. The van der Waals surface area contributed by atoms with Crippen LogP contribution in [0.3, 0.4) is 0 Å². The maximum Gasteiger partial charge on any atom is 0.262 e. The molecule has 4 aromatic heterocycles. The lowest BCUT2D eigenvalue weighted by Gasteiger charge is -2.14. The topological polar surface area (TPSA) is 151 Å². The second kappa shape index (κ2) is 14.3. The van der Waals surface area contributed by atoms with E-state index < -0.39 is 0 Å². The van der Waals surface area contributed by atoms with Crippen molar-refractivity contribution in [3.05, 3.63) is 104 Å². The van der Waals surface area contributed by atoms with Crippen molar-refractivity contribution < 1.29 is 14.3 Å². The van der Waals surface area contributed by atoms with Gasteiger partial charge in [-0.25, -0.2) is 19.3 Å². The zero-order chi connectivity index (χ0) is 34.2.